The van der Waals surface area contributed by atoms with Crippen LogP contribution < -0.4 is 4.74 Å². The van der Waals surface area contributed by atoms with E-state index in [0.29, 0.717) is 6.42 Å². The highest BCUT2D eigenvalue weighted by molar-refractivity contribution is 7.89. The van der Waals surface area contributed by atoms with Crippen LogP contribution in [0.2, 0.25) is 0 Å². The van der Waals surface area contributed by atoms with E-state index in [4.69, 9.17) is 9.47 Å². The van der Waals surface area contributed by atoms with E-state index in [1.807, 2.05) is 6.92 Å². The van der Waals surface area contributed by atoms with Crippen molar-refractivity contribution in [1.82, 2.24) is 4.31 Å². The largest absolute Gasteiger partial charge is 0.497 e. The van der Waals surface area contributed by atoms with Crippen molar-refractivity contribution in [2.45, 2.75) is 30.7 Å². The Kier molecular flexibility index (Phi) is 4.92. The minimum atomic E-state index is -4.03. The van der Waals surface area contributed by atoms with Crippen LogP contribution in [0, 0.1) is 10.1 Å². The predicted molar refractivity (Wildman–Crippen MR) is 83.1 cm³/mol. The first kappa shape index (κ1) is 17.6. The van der Waals surface area contributed by atoms with E-state index >= 15 is 0 Å². The molecule has 8 nitrogen and oxygen atoms in total. The van der Waals surface area contributed by atoms with Crippen LogP contribution in [-0.2, 0) is 14.8 Å². The number of methoxy groups -OCH3 is 1. The Morgan fingerprint density at radius 2 is 2.17 bits per heavy atom. The van der Waals surface area contributed by atoms with Crippen LogP contribution in [0.1, 0.15) is 20.3 Å². The molecule has 128 valence electrons. The van der Waals surface area contributed by atoms with E-state index < -0.39 is 26.2 Å². The zero-order valence-corrected chi connectivity index (χ0v) is 14.1. The minimum Gasteiger partial charge on any atom is -0.497 e. The van der Waals surface area contributed by atoms with Gasteiger partial charge in [-0.2, -0.15) is 4.31 Å². The van der Waals surface area contributed by atoms with Crippen LogP contribution in [0.4, 0.5) is 5.69 Å². The molecule has 0 aromatic heterocycles. The number of nitro benzene ring substituents is 1. The monoisotopic (exact) mass is 344 g/mol. The van der Waals surface area contributed by atoms with Gasteiger partial charge >= 0.3 is 0 Å². The number of nitro groups is 1. The van der Waals surface area contributed by atoms with E-state index in [1.165, 1.54) is 23.5 Å². The number of morpholine rings is 1. The first-order chi connectivity index (χ1) is 10.8. The summed E-state index contributed by atoms with van der Waals surface area (Å²) in [7, 11) is -2.66. The summed E-state index contributed by atoms with van der Waals surface area (Å²) in [5.41, 5.74) is -1.22. The van der Waals surface area contributed by atoms with Crippen LogP contribution >= 0.6 is 0 Å². The first-order valence-electron chi connectivity index (χ1n) is 7.19. The molecule has 0 bridgehead atoms. The lowest BCUT2D eigenvalue weighted by molar-refractivity contribution is -0.388. The molecule has 1 aromatic rings. The van der Waals surface area contributed by atoms with Gasteiger partial charge in [0.25, 0.3) is 15.7 Å². The van der Waals surface area contributed by atoms with Crippen LogP contribution in [-0.4, -0.2) is 50.1 Å². The zero-order valence-electron chi connectivity index (χ0n) is 13.3. The van der Waals surface area contributed by atoms with E-state index in [2.05, 4.69) is 0 Å². The highest BCUT2D eigenvalue weighted by Gasteiger charge is 2.44. The quantitative estimate of drug-likeness (QED) is 0.596. The summed E-state index contributed by atoms with van der Waals surface area (Å²) in [6.07, 6.45) is 0.538. The van der Waals surface area contributed by atoms with Gasteiger partial charge in [0.15, 0.2) is 4.90 Å². The second-order valence-electron chi connectivity index (χ2n) is 5.57. The topological polar surface area (TPSA) is 99.0 Å². The molecule has 0 radical (unpaired) electrons. The van der Waals surface area contributed by atoms with Gasteiger partial charge in [0.2, 0.25) is 0 Å². The first-order valence-corrected chi connectivity index (χ1v) is 8.63. The fourth-order valence-corrected chi connectivity index (χ4v) is 4.53. The van der Waals surface area contributed by atoms with Gasteiger partial charge in [0.05, 0.1) is 36.9 Å². The van der Waals surface area contributed by atoms with Crippen molar-refractivity contribution in [3.8, 4) is 5.75 Å². The molecule has 0 spiro atoms. The van der Waals surface area contributed by atoms with Gasteiger partial charge < -0.3 is 9.47 Å². The molecule has 0 aliphatic carbocycles. The lowest BCUT2D eigenvalue weighted by Gasteiger charge is -2.42. The summed E-state index contributed by atoms with van der Waals surface area (Å²) in [5.74, 6) is 0.232. The van der Waals surface area contributed by atoms with Gasteiger partial charge in [-0.15, -0.1) is 0 Å². The third kappa shape index (κ3) is 3.17. The van der Waals surface area contributed by atoms with Gasteiger partial charge in [-0.3, -0.25) is 10.1 Å². The maximum Gasteiger partial charge on any atom is 0.293 e. The van der Waals surface area contributed by atoms with Crippen molar-refractivity contribution in [3.63, 3.8) is 0 Å². The van der Waals surface area contributed by atoms with E-state index in [0.717, 1.165) is 6.07 Å². The van der Waals surface area contributed by atoms with E-state index in [9.17, 15) is 18.5 Å². The zero-order chi connectivity index (χ0) is 17.3. The van der Waals surface area contributed by atoms with Crippen LogP contribution in [0.15, 0.2) is 23.1 Å². The Balaban J connectivity index is 2.57. The number of hydrogen-bond acceptors (Lipinski definition) is 6. The average Bonchev–Trinajstić information content (AvgIpc) is 2.54. The van der Waals surface area contributed by atoms with Gasteiger partial charge in [-0.05, 0) is 25.5 Å². The molecule has 1 atom stereocenters. The molecule has 0 N–H and O–H groups in total. The van der Waals surface area contributed by atoms with Crippen LogP contribution in [0.25, 0.3) is 0 Å². The molecule has 2 rings (SSSR count). The number of nitrogens with zero attached hydrogens (tertiary/aromatic N) is 2. The van der Waals surface area contributed by atoms with Crippen molar-refractivity contribution in [1.29, 1.82) is 0 Å². The average molecular weight is 344 g/mol. The molecular weight excluding hydrogens is 324 g/mol. The molecule has 1 aromatic carbocycles. The fourth-order valence-electron chi connectivity index (χ4n) is 2.57. The SMILES string of the molecule is CC[C@]1(C)COCCN1S(=O)(=O)c1ccc(OC)cc1[N+](=O)[O-]. The Morgan fingerprint density at radius 1 is 1.48 bits per heavy atom. The molecule has 1 fully saturated rings. The van der Waals surface area contributed by atoms with Gasteiger partial charge in [0, 0.05) is 6.54 Å². The number of ether oxygens (including phenoxy) is 2. The Bertz CT molecular complexity index is 705. The molecule has 23 heavy (non-hydrogen) atoms. The smallest absolute Gasteiger partial charge is 0.293 e. The lowest BCUT2D eigenvalue weighted by Crippen LogP contribution is -2.56. The van der Waals surface area contributed by atoms with Gasteiger partial charge in [-0.1, -0.05) is 6.92 Å². The number of sulfonamides is 1. The van der Waals surface area contributed by atoms with Gasteiger partial charge in [0.1, 0.15) is 5.75 Å². The molecule has 0 unspecified atom stereocenters. The summed E-state index contributed by atoms with van der Waals surface area (Å²) >= 11 is 0. The Hall–Kier alpha value is -1.71. The third-order valence-corrected chi connectivity index (χ3v) is 6.25. The number of rotatable bonds is 5. The van der Waals surface area contributed by atoms with E-state index in [1.54, 1.807) is 6.92 Å². The van der Waals surface area contributed by atoms with Crippen molar-refractivity contribution in [3.05, 3.63) is 28.3 Å². The third-order valence-electron chi connectivity index (χ3n) is 4.15. The normalized spacial score (nSPS) is 22.7. The summed E-state index contributed by atoms with van der Waals surface area (Å²) in [5, 5.41) is 11.3. The number of benzene rings is 1. The summed E-state index contributed by atoms with van der Waals surface area (Å²) in [4.78, 5) is 10.3. The Morgan fingerprint density at radius 3 is 2.74 bits per heavy atom. The second kappa shape index (κ2) is 6.42. The Labute approximate surface area is 135 Å². The van der Waals surface area contributed by atoms with Crippen molar-refractivity contribution < 1.29 is 22.8 Å². The standard InChI is InChI=1S/C14H20N2O6S/c1-4-14(2)10-22-8-7-15(14)23(19,20)13-6-5-11(21-3)9-12(13)16(17)18/h5-6,9H,4,7-8,10H2,1-3H3/t14-/m1/s1. The molecule has 9 heteroatoms. The fraction of sp³-hybridized carbons (Fsp3) is 0.571. The van der Waals surface area contributed by atoms with Crippen molar-refractivity contribution in [2.24, 2.45) is 0 Å². The molecule has 1 saturated heterocycles. The molecule has 1 aliphatic rings. The van der Waals surface area contributed by atoms with E-state index in [-0.39, 0.29) is 30.4 Å². The maximum atomic E-state index is 13.0. The number of hydrogen-bond donors (Lipinski definition) is 0. The molecule has 0 amide bonds. The molecule has 1 heterocycles. The van der Waals surface area contributed by atoms with Crippen LogP contribution in [0.3, 0.4) is 0 Å². The highest BCUT2D eigenvalue weighted by Crippen LogP contribution is 2.35. The second-order valence-corrected chi connectivity index (χ2v) is 7.40. The molecular formula is C14H20N2O6S. The summed E-state index contributed by atoms with van der Waals surface area (Å²) in [6.45, 7) is 4.32. The van der Waals surface area contributed by atoms with Crippen molar-refractivity contribution in [2.75, 3.05) is 26.9 Å². The molecule has 0 saturated carbocycles. The molecule has 1 aliphatic heterocycles. The van der Waals surface area contributed by atoms with Crippen LogP contribution in [0.5, 0.6) is 5.75 Å². The lowest BCUT2D eigenvalue weighted by atomic mass is 9.99. The summed E-state index contributed by atoms with van der Waals surface area (Å²) < 4.78 is 37.7. The maximum absolute atomic E-state index is 13.0. The predicted octanol–water partition coefficient (Wildman–Crippen LogP) is 1.79. The highest BCUT2D eigenvalue weighted by atomic mass is 32.2. The van der Waals surface area contributed by atoms with Gasteiger partial charge in [-0.25, -0.2) is 8.42 Å². The minimum absolute atomic E-state index is 0.163. The van der Waals surface area contributed by atoms with Crippen molar-refractivity contribution >= 4 is 15.7 Å². The summed E-state index contributed by atoms with van der Waals surface area (Å²) in [6, 6.07) is 3.75.